The topological polar surface area (TPSA) is 38.3 Å². The molecule has 0 saturated carbocycles. The van der Waals surface area contributed by atoms with Crippen LogP contribution >= 0.6 is 11.8 Å². The summed E-state index contributed by atoms with van der Waals surface area (Å²) in [5.74, 6) is 0.543. The molecule has 0 aromatic carbocycles. The molecule has 96 valence electrons. The highest BCUT2D eigenvalue weighted by Crippen LogP contribution is 2.27. The van der Waals surface area contributed by atoms with Gasteiger partial charge in [-0.05, 0) is 19.9 Å². The van der Waals surface area contributed by atoms with E-state index in [4.69, 9.17) is 4.74 Å². The highest BCUT2D eigenvalue weighted by molar-refractivity contribution is 8.00. The number of nitrogens with one attached hydrogen (secondary N) is 1. The predicted molar refractivity (Wildman–Crippen MR) is 70.9 cm³/mol. The first-order valence-electron chi connectivity index (χ1n) is 5.72. The lowest BCUT2D eigenvalue weighted by atomic mass is 10.1. The Bertz CT molecular complexity index is 226. The fraction of sp³-hybridized carbons (Fsp3) is 0.917. The standard InChI is InChI=1S/C12H25NO2S/c1-7-8-13-12(5,10(14)15-6)9-16-11(2,3)4/h13H,7-9H2,1-6H3. The van der Waals surface area contributed by atoms with E-state index in [2.05, 4.69) is 33.0 Å². The first kappa shape index (κ1) is 15.8. The Morgan fingerprint density at radius 2 is 1.88 bits per heavy atom. The Balaban J connectivity index is 4.47. The molecule has 0 fully saturated rings. The molecule has 1 unspecified atom stereocenters. The molecule has 4 heteroatoms. The molecular weight excluding hydrogens is 222 g/mol. The van der Waals surface area contributed by atoms with Gasteiger partial charge in [-0.2, -0.15) is 11.8 Å². The zero-order chi connectivity index (χ0) is 12.8. The van der Waals surface area contributed by atoms with Crippen molar-refractivity contribution in [1.29, 1.82) is 0 Å². The Kier molecular flexibility index (Phi) is 6.41. The van der Waals surface area contributed by atoms with Gasteiger partial charge in [-0.25, -0.2) is 0 Å². The number of methoxy groups -OCH3 is 1. The van der Waals surface area contributed by atoms with Gasteiger partial charge in [0.05, 0.1) is 7.11 Å². The van der Waals surface area contributed by atoms with Crippen molar-refractivity contribution in [2.75, 3.05) is 19.4 Å². The predicted octanol–water partition coefficient (Wildman–Crippen LogP) is 2.45. The van der Waals surface area contributed by atoms with E-state index in [0.717, 1.165) is 18.7 Å². The molecule has 0 heterocycles. The summed E-state index contributed by atoms with van der Waals surface area (Å²) in [5, 5.41) is 3.27. The molecule has 16 heavy (non-hydrogen) atoms. The molecule has 0 aliphatic carbocycles. The normalized spacial score (nSPS) is 15.6. The van der Waals surface area contributed by atoms with Crippen molar-refractivity contribution in [3.05, 3.63) is 0 Å². The van der Waals surface area contributed by atoms with Gasteiger partial charge in [0.2, 0.25) is 0 Å². The first-order valence-corrected chi connectivity index (χ1v) is 6.71. The van der Waals surface area contributed by atoms with E-state index in [1.165, 1.54) is 7.11 Å². The lowest BCUT2D eigenvalue weighted by Crippen LogP contribution is -2.53. The number of esters is 1. The van der Waals surface area contributed by atoms with Crippen molar-refractivity contribution >= 4 is 17.7 Å². The Morgan fingerprint density at radius 1 is 1.31 bits per heavy atom. The Morgan fingerprint density at radius 3 is 2.25 bits per heavy atom. The van der Waals surface area contributed by atoms with E-state index in [1.807, 2.05) is 6.92 Å². The van der Waals surface area contributed by atoms with Gasteiger partial charge >= 0.3 is 5.97 Å². The van der Waals surface area contributed by atoms with Gasteiger partial charge in [-0.15, -0.1) is 0 Å². The smallest absolute Gasteiger partial charge is 0.326 e. The average molecular weight is 247 g/mol. The van der Waals surface area contributed by atoms with Crippen molar-refractivity contribution in [3.8, 4) is 0 Å². The van der Waals surface area contributed by atoms with E-state index in [0.29, 0.717) is 0 Å². The van der Waals surface area contributed by atoms with E-state index in [9.17, 15) is 4.79 Å². The van der Waals surface area contributed by atoms with Gasteiger partial charge in [0.15, 0.2) is 0 Å². The largest absolute Gasteiger partial charge is 0.468 e. The van der Waals surface area contributed by atoms with Crippen LogP contribution in [0.1, 0.15) is 41.0 Å². The minimum atomic E-state index is -0.581. The van der Waals surface area contributed by atoms with Crippen molar-refractivity contribution in [1.82, 2.24) is 5.32 Å². The van der Waals surface area contributed by atoms with Crippen LogP contribution in [0.3, 0.4) is 0 Å². The van der Waals surface area contributed by atoms with Crippen LogP contribution in [-0.4, -0.2) is 35.7 Å². The molecule has 0 aromatic heterocycles. The van der Waals surface area contributed by atoms with E-state index in [1.54, 1.807) is 11.8 Å². The van der Waals surface area contributed by atoms with Crippen LogP contribution in [0.15, 0.2) is 0 Å². The van der Waals surface area contributed by atoms with Crippen LogP contribution in [0.5, 0.6) is 0 Å². The highest BCUT2D eigenvalue weighted by atomic mass is 32.2. The maximum absolute atomic E-state index is 11.8. The minimum absolute atomic E-state index is 0.156. The number of rotatable bonds is 6. The lowest BCUT2D eigenvalue weighted by Gasteiger charge is -2.30. The van der Waals surface area contributed by atoms with Crippen molar-refractivity contribution in [3.63, 3.8) is 0 Å². The summed E-state index contributed by atoms with van der Waals surface area (Å²) in [6, 6.07) is 0. The number of carbonyl (C=O) groups is 1. The van der Waals surface area contributed by atoms with Crippen LogP contribution in [0.25, 0.3) is 0 Å². The summed E-state index contributed by atoms with van der Waals surface area (Å²) in [7, 11) is 1.44. The van der Waals surface area contributed by atoms with Gasteiger partial charge < -0.3 is 10.1 Å². The monoisotopic (exact) mass is 247 g/mol. The van der Waals surface area contributed by atoms with Crippen LogP contribution in [0.4, 0.5) is 0 Å². The average Bonchev–Trinajstić information content (AvgIpc) is 2.21. The molecule has 0 aliphatic rings. The third kappa shape index (κ3) is 5.75. The third-order valence-electron chi connectivity index (χ3n) is 2.19. The summed E-state index contributed by atoms with van der Waals surface area (Å²) in [6.07, 6.45) is 1.01. The van der Waals surface area contributed by atoms with Gasteiger partial charge in [-0.1, -0.05) is 27.7 Å². The van der Waals surface area contributed by atoms with Crippen molar-refractivity contribution in [2.45, 2.75) is 51.3 Å². The van der Waals surface area contributed by atoms with Gasteiger partial charge in [0, 0.05) is 10.5 Å². The van der Waals surface area contributed by atoms with Gasteiger partial charge in [0.1, 0.15) is 5.54 Å². The molecular formula is C12H25NO2S. The highest BCUT2D eigenvalue weighted by Gasteiger charge is 2.34. The fourth-order valence-electron chi connectivity index (χ4n) is 1.17. The molecule has 0 aromatic rings. The molecule has 0 spiro atoms. The van der Waals surface area contributed by atoms with E-state index in [-0.39, 0.29) is 10.7 Å². The van der Waals surface area contributed by atoms with Gasteiger partial charge in [-0.3, -0.25) is 4.79 Å². The lowest BCUT2D eigenvalue weighted by molar-refractivity contribution is -0.146. The second-order valence-electron chi connectivity index (χ2n) is 5.15. The van der Waals surface area contributed by atoms with E-state index >= 15 is 0 Å². The summed E-state index contributed by atoms with van der Waals surface area (Å²) in [5.41, 5.74) is -0.581. The maximum Gasteiger partial charge on any atom is 0.326 e. The zero-order valence-electron chi connectivity index (χ0n) is 11.3. The second-order valence-corrected chi connectivity index (χ2v) is 6.95. The summed E-state index contributed by atoms with van der Waals surface area (Å²) < 4.78 is 5.02. The molecule has 0 rings (SSSR count). The third-order valence-corrected chi connectivity index (χ3v) is 3.78. The van der Waals surface area contributed by atoms with Crippen LogP contribution in [-0.2, 0) is 9.53 Å². The number of thioether (sulfide) groups is 1. The Labute approximate surface area is 104 Å². The number of hydrogen-bond acceptors (Lipinski definition) is 4. The van der Waals surface area contributed by atoms with Crippen LogP contribution in [0.2, 0.25) is 0 Å². The van der Waals surface area contributed by atoms with Crippen molar-refractivity contribution < 1.29 is 9.53 Å². The van der Waals surface area contributed by atoms with Crippen LogP contribution in [0, 0.1) is 0 Å². The zero-order valence-corrected chi connectivity index (χ0v) is 12.2. The van der Waals surface area contributed by atoms with Crippen LogP contribution < -0.4 is 5.32 Å². The second kappa shape index (κ2) is 6.50. The molecule has 0 radical (unpaired) electrons. The minimum Gasteiger partial charge on any atom is -0.468 e. The number of carbonyl (C=O) groups excluding carboxylic acids is 1. The molecule has 3 nitrogen and oxygen atoms in total. The molecule has 0 bridgehead atoms. The molecule has 0 amide bonds. The number of ether oxygens (including phenoxy) is 1. The number of hydrogen-bond donors (Lipinski definition) is 1. The summed E-state index contributed by atoms with van der Waals surface area (Å²) in [4.78, 5) is 11.8. The fourth-order valence-corrected chi connectivity index (χ4v) is 2.11. The maximum atomic E-state index is 11.8. The summed E-state index contributed by atoms with van der Waals surface area (Å²) in [6.45, 7) is 11.3. The molecule has 0 aliphatic heterocycles. The quantitative estimate of drug-likeness (QED) is 0.732. The molecule has 1 N–H and O–H groups in total. The van der Waals surface area contributed by atoms with Gasteiger partial charge in [0.25, 0.3) is 0 Å². The molecule has 1 atom stereocenters. The Hall–Kier alpha value is -0.220. The molecule has 0 saturated heterocycles. The SMILES string of the molecule is CCCNC(C)(CSC(C)(C)C)C(=O)OC. The summed E-state index contributed by atoms with van der Waals surface area (Å²) >= 11 is 1.77. The first-order chi connectivity index (χ1) is 7.25. The van der Waals surface area contributed by atoms with E-state index < -0.39 is 5.54 Å². The van der Waals surface area contributed by atoms with Crippen molar-refractivity contribution in [2.24, 2.45) is 0 Å².